The largest absolute Gasteiger partial charge is 0.497 e. The van der Waals surface area contributed by atoms with Crippen molar-refractivity contribution >= 4 is 21.7 Å². The molecule has 0 amide bonds. The highest BCUT2D eigenvalue weighted by Gasteiger charge is 2.09. The predicted molar refractivity (Wildman–Crippen MR) is 68.4 cm³/mol. The molecule has 4 heteroatoms. The number of hydrogen-bond acceptors (Lipinski definition) is 3. The Bertz CT molecular complexity index is 520. The van der Waals surface area contributed by atoms with Gasteiger partial charge in [0.25, 0.3) is 0 Å². The van der Waals surface area contributed by atoms with Crippen LogP contribution < -0.4 is 4.74 Å². The summed E-state index contributed by atoms with van der Waals surface area (Å²) in [6.45, 7) is 0. The number of carbonyl (C=O) groups excluding carboxylic acids is 1. The fraction of sp³-hybridized carbons (Fsp3) is 0.0769. The van der Waals surface area contributed by atoms with Crippen molar-refractivity contribution < 1.29 is 9.53 Å². The van der Waals surface area contributed by atoms with Crippen LogP contribution >= 0.6 is 15.9 Å². The molecule has 0 N–H and O–H groups in total. The summed E-state index contributed by atoms with van der Waals surface area (Å²) in [4.78, 5) is 16.1. The number of nitrogens with zero attached hydrogens (tertiary/aromatic N) is 1. The van der Waals surface area contributed by atoms with Gasteiger partial charge in [0, 0.05) is 17.3 Å². The number of carbonyl (C=O) groups is 1. The van der Waals surface area contributed by atoms with E-state index in [1.807, 2.05) is 0 Å². The third-order valence-electron chi connectivity index (χ3n) is 2.34. The average molecular weight is 292 g/mol. The molecular weight excluding hydrogens is 282 g/mol. The maximum absolute atomic E-state index is 12.1. The minimum Gasteiger partial charge on any atom is -0.497 e. The summed E-state index contributed by atoms with van der Waals surface area (Å²) >= 11 is 3.23. The van der Waals surface area contributed by atoms with Gasteiger partial charge in [0.2, 0.25) is 0 Å². The molecule has 1 aromatic carbocycles. The van der Waals surface area contributed by atoms with Gasteiger partial charge in [-0.15, -0.1) is 0 Å². The lowest BCUT2D eigenvalue weighted by atomic mass is 10.1. The first-order valence-corrected chi connectivity index (χ1v) is 5.80. The SMILES string of the molecule is COc1ccc(C(=O)c2ccc(Br)nc2)cc1. The first kappa shape index (κ1) is 11.8. The molecule has 0 radical (unpaired) electrons. The average Bonchev–Trinajstić information content (AvgIpc) is 2.39. The minimum absolute atomic E-state index is 0.0485. The third-order valence-corrected chi connectivity index (χ3v) is 2.81. The molecule has 0 aliphatic rings. The minimum atomic E-state index is -0.0485. The van der Waals surface area contributed by atoms with Gasteiger partial charge in [0.1, 0.15) is 10.4 Å². The van der Waals surface area contributed by atoms with Gasteiger partial charge in [-0.3, -0.25) is 4.79 Å². The number of halogens is 1. The van der Waals surface area contributed by atoms with Crippen molar-refractivity contribution in [3.05, 3.63) is 58.3 Å². The standard InChI is InChI=1S/C13H10BrNO2/c1-17-11-5-2-9(3-6-11)13(16)10-4-7-12(14)15-8-10/h2-8H,1H3. The van der Waals surface area contributed by atoms with Crippen molar-refractivity contribution in [1.29, 1.82) is 0 Å². The van der Waals surface area contributed by atoms with Crippen molar-refractivity contribution in [3.63, 3.8) is 0 Å². The van der Waals surface area contributed by atoms with Crippen molar-refractivity contribution in [2.45, 2.75) is 0 Å². The Balaban J connectivity index is 2.27. The van der Waals surface area contributed by atoms with Gasteiger partial charge in [-0.1, -0.05) is 0 Å². The number of rotatable bonds is 3. The van der Waals surface area contributed by atoms with Gasteiger partial charge in [-0.2, -0.15) is 0 Å². The molecule has 0 aliphatic heterocycles. The van der Waals surface area contributed by atoms with E-state index in [1.54, 1.807) is 49.7 Å². The predicted octanol–water partition coefficient (Wildman–Crippen LogP) is 3.08. The highest BCUT2D eigenvalue weighted by Crippen LogP contribution is 2.15. The molecule has 0 saturated carbocycles. The molecule has 0 spiro atoms. The quantitative estimate of drug-likeness (QED) is 0.644. The fourth-order valence-electron chi connectivity index (χ4n) is 1.42. The zero-order valence-electron chi connectivity index (χ0n) is 9.18. The Morgan fingerprint density at radius 3 is 2.29 bits per heavy atom. The molecule has 0 fully saturated rings. The van der Waals surface area contributed by atoms with E-state index in [9.17, 15) is 4.79 Å². The fourth-order valence-corrected chi connectivity index (χ4v) is 1.65. The summed E-state index contributed by atoms with van der Waals surface area (Å²) in [5.41, 5.74) is 1.19. The summed E-state index contributed by atoms with van der Waals surface area (Å²) in [7, 11) is 1.59. The second kappa shape index (κ2) is 5.10. The number of aromatic nitrogens is 1. The number of benzene rings is 1. The normalized spacial score (nSPS) is 10.0. The number of ketones is 1. The molecule has 2 aromatic rings. The second-order valence-corrected chi connectivity index (χ2v) is 4.24. The van der Waals surface area contributed by atoms with Crippen LogP contribution in [0.2, 0.25) is 0 Å². The van der Waals surface area contributed by atoms with E-state index in [0.717, 1.165) is 5.75 Å². The molecule has 0 saturated heterocycles. The number of pyridine rings is 1. The van der Waals surface area contributed by atoms with Gasteiger partial charge in [-0.25, -0.2) is 4.98 Å². The summed E-state index contributed by atoms with van der Waals surface area (Å²) in [6, 6.07) is 10.5. The van der Waals surface area contributed by atoms with Crippen LogP contribution in [0.15, 0.2) is 47.2 Å². The van der Waals surface area contributed by atoms with E-state index in [2.05, 4.69) is 20.9 Å². The topological polar surface area (TPSA) is 39.2 Å². The molecule has 2 rings (SSSR count). The monoisotopic (exact) mass is 291 g/mol. The molecular formula is C13H10BrNO2. The first-order valence-electron chi connectivity index (χ1n) is 5.01. The highest BCUT2D eigenvalue weighted by atomic mass is 79.9. The lowest BCUT2D eigenvalue weighted by Gasteiger charge is -2.03. The van der Waals surface area contributed by atoms with E-state index < -0.39 is 0 Å². The van der Waals surface area contributed by atoms with Crippen molar-refractivity contribution in [1.82, 2.24) is 4.98 Å². The maximum Gasteiger partial charge on any atom is 0.194 e. The van der Waals surface area contributed by atoms with Gasteiger partial charge in [0.15, 0.2) is 5.78 Å². The molecule has 3 nitrogen and oxygen atoms in total. The number of ether oxygens (including phenoxy) is 1. The summed E-state index contributed by atoms with van der Waals surface area (Å²) < 4.78 is 5.75. The summed E-state index contributed by atoms with van der Waals surface area (Å²) in [5, 5.41) is 0. The first-order chi connectivity index (χ1) is 8.20. The lowest BCUT2D eigenvalue weighted by molar-refractivity contribution is 0.103. The second-order valence-electron chi connectivity index (χ2n) is 3.43. The van der Waals surface area contributed by atoms with Crippen molar-refractivity contribution in [2.24, 2.45) is 0 Å². The van der Waals surface area contributed by atoms with Crippen LogP contribution in [-0.4, -0.2) is 17.9 Å². The maximum atomic E-state index is 12.1. The Hall–Kier alpha value is -1.68. The zero-order valence-corrected chi connectivity index (χ0v) is 10.8. The van der Waals surface area contributed by atoms with E-state index in [0.29, 0.717) is 15.7 Å². The smallest absolute Gasteiger partial charge is 0.194 e. The van der Waals surface area contributed by atoms with Crippen LogP contribution in [0.25, 0.3) is 0 Å². The molecule has 17 heavy (non-hydrogen) atoms. The molecule has 0 bridgehead atoms. The van der Waals surface area contributed by atoms with Crippen LogP contribution in [0.1, 0.15) is 15.9 Å². The van der Waals surface area contributed by atoms with E-state index in [-0.39, 0.29) is 5.78 Å². The van der Waals surface area contributed by atoms with Crippen LogP contribution in [0.3, 0.4) is 0 Å². The van der Waals surface area contributed by atoms with Crippen molar-refractivity contribution in [2.75, 3.05) is 7.11 Å². The number of methoxy groups -OCH3 is 1. The Morgan fingerprint density at radius 2 is 1.76 bits per heavy atom. The van der Waals surface area contributed by atoms with Crippen LogP contribution in [-0.2, 0) is 0 Å². The molecule has 1 heterocycles. The lowest BCUT2D eigenvalue weighted by Crippen LogP contribution is -2.01. The molecule has 0 aliphatic carbocycles. The Labute approximate surface area is 108 Å². The van der Waals surface area contributed by atoms with Gasteiger partial charge in [0.05, 0.1) is 7.11 Å². The number of hydrogen-bond donors (Lipinski definition) is 0. The van der Waals surface area contributed by atoms with Gasteiger partial charge < -0.3 is 4.74 Å². The molecule has 86 valence electrons. The van der Waals surface area contributed by atoms with Gasteiger partial charge in [-0.05, 0) is 52.3 Å². The molecule has 1 aromatic heterocycles. The third kappa shape index (κ3) is 2.71. The van der Waals surface area contributed by atoms with E-state index in [1.165, 1.54) is 0 Å². The zero-order chi connectivity index (χ0) is 12.3. The van der Waals surface area contributed by atoms with Crippen LogP contribution in [0.4, 0.5) is 0 Å². The highest BCUT2D eigenvalue weighted by molar-refractivity contribution is 9.10. The molecule has 0 atom stereocenters. The Kier molecular flexibility index (Phi) is 3.54. The van der Waals surface area contributed by atoms with E-state index >= 15 is 0 Å². The van der Waals surface area contributed by atoms with Crippen LogP contribution in [0, 0.1) is 0 Å². The summed E-state index contributed by atoms with van der Waals surface area (Å²) in [6.07, 6.45) is 1.55. The van der Waals surface area contributed by atoms with Crippen molar-refractivity contribution in [3.8, 4) is 5.75 Å². The van der Waals surface area contributed by atoms with Gasteiger partial charge >= 0.3 is 0 Å². The van der Waals surface area contributed by atoms with Crippen LogP contribution in [0.5, 0.6) is 5.75 Å². The molecule has 0 unspecified atom stereocenters. The van der Waals surface area contributed by atoms with E-state index in [4.69, 9.17) is 4.74 Å². The summed E-state index contributed by atoms with van der Waals surface area (Å²) in [5.74, 6) is 0.683. The Morgan fingerprint density at radius 1 is 1.12 bits per heavy atom.